The molecule has 6 heterocycles. The Morgan fingerprint density at radius 1 is 0.846 bits per heavy atom. The number of carbonyl (C=O) groups is 4. The summed E-state index contributed by atoms with van der Waals surface area (Å²) in [5, 5.41) is 11.8. The van der Waals surface area contributed by atoms with Crippen molar-refractivity contribution in [1.82, 2.24) is 30.0 Å². The van der Waals surface area contributed by atoms with Gasteiger partial charge in [0.25, 0.3) is 5.91 Å². The summed E-state index contributed by atoms with van der Waals surface area (Å²) in [7, 11) is 1.93. The molecular formula is C62H71N9O6S. The number of piperidine rings is 1. The molecule has 15 nitrogen and oxygen atoms in total. The number of piperazine rings is 1. The van der Waals surface area contributed by atoms with E-state index < -0.39 is 17.5 Å². The molecule has 16 heteroatoms. The molecule has 2 atom stereocenters. The number of thiazole rings is 1. The number of para-hydroxylation sites is 1. The van der Waals surface area contributed by atoms with E-state index in [-0.39, 0.29) is 29.5 Å². The molecule has 1 unspecified atom stereocenters. The lowest BCUT2D eigenvalue weighted by molar-refractivity contribution is -0.134. The molecule has 406 valence electrons. The normalized spacial score (nSPS) is 19.6. The minimum absolute atomic E-state index is 0.123. The van der Waals surface area contributed by atoms with Crippen molar-refractivity contribution in [1.29, 1.82) is 0 Å². The molecule has 1 aliphatic carbocycles. The van der Waals surface area contributed by atoms with Gasteiger partial charge in [0.2, 0.25) is 11.8 Å². The van der Waals surface area contributed by atoms with Crippen LogP contribution in [0.2, 0.25) is 0 Å². The Morgan fingerprint density at radius 2 is 1.64 bits per heavy atom. The van der Waals surface area contributed by atoms with Crippen molar-refractivity contribution >= 4 is 72.8 Å². The maximum absolute atomic E-state index is 14.1. The smallest absolute Gasteiger partial charge is 0.358 e. The van der Waals surface area contributed by atoms with Crippen LogP contribution in [0.4, 0.5) is 16.6 Å². The molecule has 3 fully saturated rings. The summed E-state index contributed by atoms with van der Waals surface area (Å²) >= 11 is 1.45. The Balaban J connectivity index is 0.683. The first kappa shape index (κ1) is 52.9. The van der Waals surface area contributed by atoms with Crippen LogP contribution in [0.25, 0.3) is 32.2 Å². The summed E-state index contributed by atoms with van der Waals surface area (Å²) in [6.07, 6.45) is 9.63. The zero-order valence-corrected chi connectivity index (χ0v) is 46.6. The van der Waals surface area contributed by atoms with Gasteiger partial charge < -0.3 is 19.3 Å². The van der Waals surface area contributed by atoms with Crippen molar-refractivity contribution in [2.75, 3.05) is 47.8 Å². The summed E-state index contributed by atoms with van der Waals surface area (Å²) in [5.74, 6) is 0.590. The number of imide groups is 1. The first-order valence-electron chi connectivity index (χ1n) is 28.0. The van der Waals surface area contributed by atoms with Crippen molar-refractivity contribution in [3.63, 3.8) is 0 Å². The molecule has 3 amide bonds. The predicted octanol–water partition coefficient (Wildman–Crippen LogP) is 11.2. The second-order valence-corrected chi connectivity index (χ2v) is 23.9. The number of pyridine rings is 1. The number of nitrogens with one attached hydrogen (secondary N) is 2. The molecule has 0 spiro atoms. The highest BCUT2D eigenvalue weighted by molar-refractivity contribution is 7.22. The molecule has 0 bridgehead atoms. The maximum atomic E-state index is 14.1. The van der Waals surface area contributed by atoms with E-state index in [1.54, 1.807) is 0 Å². The number of rotatable bonds is 14. The molecule has 4 aromatic carbocycles. The van der Waals surface area contributed by atoms with Gasteiger partial charge in [0, 0.05) is 81.0 Å². The second kappa shape index (κ2) is 22.3. The van der Waals surface area contributed by atoms with Gasteiger partial charge in [0.1, 0.15) is 17.2 Å². The Morgan fingerprint density at radius 3 is 2.42 bits per heavy atom. The van der Waals surface area contributed by atoms with Gasteiger partial charge in [0.15, 0.2) is 10.8 Å². The largest absolute Gasteiger partial charge is 0.490 e. The monoisotopic (exact) mass is 1070 g/mol. The first-order valence-corrected chi connectivity index (χ1v) is 28.8. The van der Waals surface area contributed by atoms with Crippen molar-refractivity contribution in [2.45, 2.75) is 129 Å². The lowest BCUT2D eigenvalue weighted by Gasteiger charge is -2.39. The van der Waals surface area contributed by atoms with E-state index in [9.17, 15) is 19.2 Å². The highest BCUT2D eigenvalue weighted by atomic mass is 32.1. The van der Waals surface area contributed by atoms with Crippen molar-refractivity contribution in [3.8, 4) is 16.9 Å². The second-order valence-electron chi connectivity index (χ2n) is 22.8. The van der Waals surface area contributed by atoms with Crippen LogP contribution in [0.5, 0.6) is 5.75 Å². The van der Waals surface area contributed by atoms with Crippen LogP contribution in [0, 0.1) is 12.8 Å². The lowest BCUT2D eigenvalue weighted by atomic mass is 9.84. The molecule has 11 rings (SSSR count). The maximum Gasteiger partial charge on any atom is 0.358 e. The van der Waals surface area contributed by atoms with Crippen molar-refractivity contribution in [2.24, 2.45) is 13.0 Å². The fraction of sp³-hybridized carbons (Fsp3) is 0.435. The number of amides is 3. The van der Waals surface area contributed by atoms with Crippen LogP contribution in [0.15, 0.2) is 91.0 Å². The standard InChI is InChI=1S/C62H71N9O6S/c1-38(69-32-34-70(35-33-69)42-22-25-47-51(36-42)68(6)67-56(47)48-27-29-55(72)65-59(48)74)12-9-13-40-20-23-43(24-21-40)76-52-18-11-15-44(39(52)2)45-26-28-54(64-57(45)60(75)77-62(3,4)5)71-31-30-41-14-10-16-46(49(41)37-71)58(73)66-61-63-50-17-7-8-19-53(50)78-61/h7-8,10-11,14-19,22,25-26,28,36,38,40,43,48H,9,12-13,20-21,23-24,27,29-35,37H2,1-6H3,(H,63,66,73)(H,65,72,74)/t38-,40-,43-,48?/m1/s1. The fourth-order valence-electron chi connectivity index (χ4n) is 12.1. The number of hydrogen-bond donors (Lipinski definition) is 2. The van der Waals surface area contributed by atoms with Gasteiger partial charge in [-0.15, -0.1) is 0 Å². The van der Waals surface area contributed by atoms with Gasteiger partial charge >= 0.3 is 5.97 Å². The minimum atomic E-state index is -0.731. The molecule has 2 saturated heterocycles. The molecule has 7 aromatic rings. The Labute approximate surface area is 460 Å². The van der Waals surface area contributed by atoms with Gasteiger partial charge in [-0.3, -0.25) is 34.6 Å². The zero-order valence-electron chi connectivity index (χ0n) is 45.8. The molecule has 78 heavy (non-hydrogen) atoms. The summed E-state index contributed by atoms with van der Waals surface area (Å²) in [6, 6.07) is 30.7. The zero-order chi connectivity index (χ0) is 54.2. The summed E-state index contributed by atoms with van der Waals surface area (Å²) in [5.41, 5.74) is 8.46. The number of fused-ring (bicyclic) bond motifs is 3. The van der Waals surface area contributed by atoms with E-state index in [1.807, 2.05) is 99.2 Å². The number of benzene rings is 4. The summed E-state index contributed by atoms with van der Waals surface area (Å²) in [4.78, 5) is 69.3. The average molecular weight is 1070 g/mol. The Bertz CT molecular complexity index is 3370. The van der Waals surface area contributed by atoms with Crippen LogP contribution in [-0.2, 0) is 34.3 Å². The van der Waals surface area contributed by atoms with Crippen LogP contribution in [0.1, 0.15) is 135 Å². The number of aromatic nitrogens is 4. The van der Waals surface area contributed by atoms with E-state index in [0.29, 0.717) is 60.0 Å². The summed E-state index contributed by atoms with van der Waals surface area (Å²) in [6.45, 7) is 15.1. The number of nitrogens with zero attached hydrogens (tertiary/aromatic N) is 7. The van der Waals surface area contributed by atoms with E-state index >= 15 is 0 Å². The highest BCUT2D eigenvalue weighted by Gasteiger charge is 2.33. The van der Waals surface area contributed by atoms with Gasteiger partial charge in [-0.1, -0.05) is 60.6 Å². The molecule has 0 radical (unpaired) electrons. The lowest BCUT2D eigenvalue weighted by Crippen LogP contribution is -2.49. The number of aryl methyl sites for hydroxylation is 1. The fourth-order valence-corrected chi connectivity index (χ4v) is 13.0. The number of carbonyl (C=O) groups excluding carboxylic acids is 4. The number of hydrogen-bond acceptors (Lipinski definition) is 13. The summed E-state index contributed by atoms with van der Waals surface area (Å²) < 4.78 is 15.7. The quantitative estimate of drug-likeness (QED) is 0.0784. The minimum Gasteiger partial charge on any atom is -0.490 e. The van der Waals surface area contributed by atoms with Crippen molar-refractivity contribution < 1.29 is 28.7 Å². The topological polar surface area (TPSA) is 164 Å². The van der Waals surface area contributed by atoms with Gasteiger partial charge in [0.05, 0.1) is 33.4 Å². The Kier molecular flexibility index (Phi) is 15.1. The van der Waals surface area contributed by atoms with Crippen LogP contribution >= 0.6 is 11.3 Å². The number of ether oxygens (including phenoxy) is 2. The third-order valence-corrected chi connectivity index (χ3v) is 17.4. The van der Waals surface area contributed by atoms with Gasteiger partial charge in [-0.25, -0.2) is 14.8 Å². The van der Waals surface area contributed by atoms with Gasteiger partial charge in [-0.2, -0.15) is 5.10 Å². The van der Waals surface area contributed by atoms with E-state index in [0.717, 1.165) is 113 Å². The van der Waals surface area contributed by atoms with Crippen LogP contribution in [0.3, 0.4) is 0 Å². The predicted molar refractivity (Wildman–Crippen MR) is 308 cm³/mol. The van der Waals surface area contributed by atoms with E-state index in [1.165, 1.54) is 36.3 Å². The SMILES string of the molecule is Cc1c(O[C@H]2CC[C@H](CCC[C@@H](C)N3CCN(c4ccc5c(C6CCC(=O)NC6=O)nn(C)c5c4)CC3)CC2)cccc1-c1ccc(N2CCc3cccc(C(=O)Nc4nc5ccccc5s4)c3C2)nc1C(=O)OC(C)(C)C. The molecular weight excluding hydrogens is 999 g/mol. The highest BCUT2D eigenvalue weighted by Crippen LogP contribution is 2.39. The van der Waals surface area contributed by atoms with Crippen LogP contribution < -0.4 is 25.2 Å². The number of anilines is 3. The molecule has 3 aromatic heterocycles. The van der Waals surface area contributed by atoms with E-state index in [4.69, 9.17) is 19.6 Å². The molecule has 3 aliphatic heterocycles. The molecule has 1 saturated carbocycles. The third-order valence-electron chi connectivity index (χ3n) is 16.5. The Hall–Kier alpha value is -7.17. The number of esters is 1. The van der Waals surface area contributed by atoms with E-state index in [2.05, 4.69) is 68.4 Å². The average Bonchev–Trinajstić information content (AvgIpc) is 4.15. The third kappa shape index (κ3) is 11.4. The molecule has 4 aliphatic rings. The van der Waals surface area contributed by atoms with Gasteiger partial charge in [-0.05, 0) is 162 Å². The molecule has 2 N–H and O–H groups in total. The van der Waals surface area contributed by atoms with Crippen molar-refractivity contribution in [3.05, 3.63) is 125 Å². The van der Waals surface area contributed by atoms with Crippen LogP contribution in [-0.4, -0.2) is 98.8 Å². The first-order chi connectivity index (χ1) is 37.6.